The first-order chi connectivity index (χ1) is 6.24. The van der Waals surface area contributed by atoms with E-state index < -0.39 is 0 Å². The second kappa shape index (κ2) is 5.10. The molecule has 0 aliphatic rings. The van der Waals surface area contributed by atoms with Gasteiger partial charge in [0.2, 0.25) is 0 Å². The van der Waals surface area contributed by atoms with Crippen molar-refractivity contribution < 1.29 is 5.11 Å². The highest BCUT2D eigenvalue weighted by Gasteiger charge is 2.00. The van der Waals surface area contributed by atoms with E-state index in [1.54, 1.807) is 18.2 Å². The molecule has 2 N–H and O–H groups in total. The molecule has 0 fully saturated rings. The summed E-state index contributed by atoms with van der Waals surface area (Å²) >= 11 is 5.79. The Kier molecular flexibility index (Phi) is 4.06. The molecule has 0 aliphatic carbocycles. The maximum atomic E-state index is 9.44. The molecular formula is C10H14ClNO. The summed E-state index contributed by atoms with van der Waals surface area (Å²) in [5.74, 6) is 0.299. The minimum Gasteiger partial charge on any atom is -0.508 e. The van der Waals surface area contributed by atoms with E-state index in [2.05, 4.69) is 12.2 Å². The Morgan fingerprint density at radius 1 is 1.46 bits per heavy atom. The highest BCUT2D eigenvalue weighted by Crippen LogP contribution is 2.20. The molecule has 1 aromatic rings. The first-order valence-corrected chi connectivity index (χ1v) is 4.80. The van der Waals surface area contributed by atoms with Gasteiger partial charge in [0.25, 0.3) is 0 Å². The molecular weight excluding hydrogens is 186 g/mol. The normalized spacial score (nSPS) is 10.3. The molecule has 0 amide bonds. The molecule has 3 heteroatoms. The van der Waals surface area contributed by atoms with Crippen LogP contribution in [0, 0.1) is 0 Å². The van der Waals surface area contributed by atoms with Gasteiger partial charge in [-0.3, -0.25) is 0 Å². The summed E-state index contributed by atoms with van der Waals surface area (Å²) in [4.78, 5) is 0. The number of phenolic OH excluding ortho intramolecular Hbond substituents is 1. The third-order valence-corrected chi connectivity index (χ3v) is 2.02. The number of hydrogen-bond donors (Lipinski definition) is 2. The molecule has 2 nitrogen and oxygen atoms in total. The molecule has 72 valence electrons. The van der Waals surface area contributed by atoms with E-state index in [4.69, 9.17) is 11.6 Å². The molecule has 0 aromatic heterocycles. The van der Waals surface area contributed by atoms with Gasteiger partial charge in [0.05, 0.1) is 0 Å². The maximum absolute atomic E-state index is 9.44. The summed E-state index contributed by atoms with van der Waals surface area (Å²) in [5.41, 5.74) is 0.848. The summed E-state index contributed by atoms with van der Waals surface area (Å²) in [6.45, 7) is 3.72. The Morgan fingerprint density at radius 3 is 2.92 bits per heavy atom. The van der Waals surface area contributed by atoms with E-state index in [0.717, 1.165) is 18.5 Å². The van der Waals surface area contributed by atoms with E-state index >= 15 is 0 Å². The highest BCUT2D eigenvalue weighted by molar-refractivity contribution is 6.30. The standard InChI is InChI=1S/C10H14ClNO/c1-2-5-12-7-8-6-9(11)3-4-10(8)13/h3-4,6,12-13H,2,5,7H2,1H3. The quantitative estimate of drug-likeness (QED) is 0.731. The van der Waals surface area contributed by atoms with Gasteiger partial charge in [-0.15, -0.1) is 0 Å². The fraction of sp³-hybridized carbons (Fsp3) is 0.400. The van der Waals surface area contributed by atoms with Crippen molar-refractivity contribution >= 4 is 11.6 Å². The fourth-order valence-corrected chi connectivity index (χ4v) is 1.29. The minimum atomic E-state index is 0.299. The van der Waals surface area contributed by atoms with Crippen LogP contribution in [0.2, 0.25) is 5.02 Å². The zero-order chi connectivity index (χ0) is 9.68. The average molecular weight is 200 g/mol. The van der Waals surface area contributed by atoms with Crippen molar-refractivity contribution in [3.63, 3.8) is 0 Å². The van der Waals surface area contributed by atoms with Crippen LogP contribution in [0.15, 0.2) is 18.2 Å². The van der Waals surface area contributed by atoms with Crippen molar-refractivity contribution in [1.29, 1.82) is 0 Å². The average Bonchev–Trinajstić information content (AvgIpc) is 2.11. The molecule has 0 saturated carbocycles. The zero-order valence-electron chi connectivity index (χ0n) is 7.68. The second-order valence-electron chi connectivity index (χ2n) is 2.95. The summed E-state index contributed by atoms with van der Waals surface area (Å²) in [6.07, 6.45) is 1.08. The van der Waals surface area contributed by atoms with Gasteiger partial charge in [-0.05, 0) is 31.2 Å². The molecule has 0 bridgehead atoms. The van der Waals surface area contributed by atoms with Crippen LogP contribution in [-0.2, 0) is 6.54 Å². The van der Waals surface area contributed by atoms with Gasteiger partial charge in [-0.2, -0.15) is 0 Å². The zero-order valence-corrected chi connectivity index (χ0v) is 8.43. The van der Waals surface area contributed by atoms with E-state index in [-0.39, 0.29) is 0 Å². The van der Waals surface area contributed by atoms with Crippen LogP contribution >= 0.6 is 11.6 Å². The van der Waals surface area contributed by atoms with Gasteiger partial charge in [0.15, 0.2) is 0 Å². The van der Waals surface area contributed by atoms with Gasteiger partial charge >= 0.3 is 0 Å². The van der Waals surface area contributed by atoms with Crippen molar-refractivity contribution in [3.05, 3.63) is 28.8 Å². The number of nitrogens with one attached hydrogen (secondary N) is 1. The van der Waals surface area contributed by atoms with Gasteiger partial charge in [0.1, 0.15) is 5.75 Å². The van der Waals surface area contributed by atoms with Gasteiger partial charge in [-0.25, -0.2) is 0 Å². The predicted molar refractivity (Wildman–Crippen MR) is 55.1 cm³/mol. The monoisotopic (exact) mass is 199 g/mol. The van der Waals surface area contributed by atoms with E-state index in [1.165, 1.54) is 0 Å². The number of rotatable bonds is 4. The lowest BCUT2D eigenvalue weighted by molar-refractivity contribution is 0.464. The van der Waals surface area contributed by atoms with Crippen molar-refractivity contribution in [2.45, 2.75) is 19.9 Å². The van der Waals surface area contributed by atoms with E-state index in [0.29, 0.717) is 17.3 Å². The highest BCUT2D eigenvalue weighted by atomic mass is 35.5. The smallest absolute Gasteiger partial charge is 0.120 e. The van der Waals surface area contributed by atoms with Crippen LogP contribution in [0.4, 0.5) is 0 Å². The molecule has 0 aliphatic heterocycles. The lowest BCUT2D eigenvalue weighted by Gasteiger charge is -2.05. The summed E-state index contributed by atoms with van der Waals surface area (Å²) < 4.78 is 0. The van der Waals surface area contributed by atoms with Crippen LogP contribution < -0.4 is 5.32 Å². The lowest BCUT2D eigenvalue weighted by Crippen LogP contribution is -2.13. The first kappa shape index (κ1) is 10.4. The van der Waals surface area contributed by atoms with Crippen LogP contribution in [0.3, 0.4) is 0 Å². The molecule has 0 atom stereocenters. The Hall–Kier alpha value is -0.730. The van der Waals surface area contributed by atoms with Crippen molar-refractivity contribution in [2.24, 2.45) is 0 Å². The number of benzene rings is 1. The number of phenols is 1. The summed E-state index contributed by atoms with van der Waals surface area (Å²) in [6, 6.07) is 5.07. The molecule has 13 heavy (non-hydrogen) atoms. The number of hydrogen-bond acceptors (Lipinski definition) is 2. The molecule has 0 unspecified atom stereocenters. The molecule has 0 radical (unpaired) electrons. The van der Waals surface area contributed by atoms with Crippen LogP contribution in [0.25, 0.3) is 0 Å². The van der Waals surface area contributed by atoms with Crippen LogP contribution in [-0.4, -0.2) is 11.7 Å². The van der Waals surface area contributed by atoms with Crippen LogP contribution in [0.1, 0.15) is 18.9 Å². The molecule has 0 saturated heterocycles. The maximum Gasteiger partial charge on any atom is 0.120 e. The van der Waals surface area contributed by atoms with E-state index in [9.17, 15) is 5.11 Å². The van der Waals surface area contributed by atoms with Gasteiger partial charge in [0, 0.05) is 17.1 Å². The molecule has 1 aromatic carbocycles. The Bertz CT molecular complexity index is 276. The summed E-state index contributed by atoms with van der Waals surface area (Å²) in [7, 11) is 0. The Labute approximate surface area is 83.5 Å². The largest absolute Gasteiger partial charge is 0.508 e. The third-order valence-electron chi connectivity index (χ3n) is 1.78. The molecule has 0 spiro atoms. The minimum absolute atomic E-state index is 0.299. The van der Waals surface area contributed by atoms with Gasteiger partial charge < -0.3 is 10.4 Å². The van der Waals surface area contributed by atoms with Crippen LogP contribution in [0.5, 0.6) is 5.75 Å². The predicted octanol–water partition coefficient (Wildman–Crippen LogP) is 2.55. The first-order valence-electron chi connectivity index (χ1n) is 4.42. The van der Waals surface area contributed by atoms with Crippen molar-refractivity contribution in [2.75, 3.05) is 6.54 Å². The second-order valence-corrected chi connectivity index (χ2v) is 3.39. The van der Waals surface area contributed by atoms with Crippen molar-refractivity contribution in [1.82, 2.24) is 5.32 Å². The molecule has 1 rings (SSSR count). The topological polar surface area (TPSA) is 32.3 Å². The lowest BCUT2D eigenvalue weighted by atomic mass is 10.2. The summed E-state index contributed by atoms with van der Waals surface area (Å²) in [5, 5.41) is 13.3. The number of halogens is 1. The number of aromatic hydroxyl groups is 1. The Balaban J connectivity index is 2.59. The molecule has 0 heterocycles. The van der Waals surface area contributed by atoms with Crippen molar-refractivity contribution in [3.8, 4) is 5.75 Å². The SMILES string of the molecule is CCCNCc1cc(Cl)ccc1O. The van der Waals surface area contributed by atoms with E-state index in [1.807, 2.05) is 0 Å². The fourth-order valence-electron chi connectivity index (χ4n) is 1.10. The Morgan fingerprint density at radius 2 is 2.23 bits per heavy atom. The third kappa shape index (κ3) is 3.25. The van der Waals surface area contributed by atoms with Gasteiger partial charge in [-0.1, -0.05) is 18.5 Å².